The molecule has 244 valence electrons. The van der Waals surface area contributed by atoms with E-state index < -0.39 is 0 Å². The Morgan fingerprint density at radius 3 is 1.39 bits per heavy atom. The van der Waals surface area contributed by atoms with Gasteiger partial charge in [-0.15, -0.1) is 0 Å². The molecule has 0 radical (unpaired) electrons. The summed E-state index contributed by atoms with van der Waals surface area (Å²) in [6.45, 7) is 11.4. The largest absolute Gasteiger partial charge is 0.399 e. The average molecular weight is 615 g/mol. The number of benzene rings is 4. The number of hydrogen-bond acceptors (Lipinski definition) is 2. The lowest BCUT2D eigenvalue weighted by atomic mass is 9.59. The number of aryl methyl sites for hydroxylation is 2. The molecule has 0 heterocycles. The van der Waals surface area contributed by atoms with Crippen molar-refractivity contribution in [3.05, 3.63) is 129 Å². The van der Waals surface area contributed by atoms with E-state index in [1.54, 1.807) is 0 Å². The maximum atomic E-state index is 6.14. The normalized spacial score (nSPS) is 16.5. The van der Waals surface area contributed by atoms with E-state index >= 15 is 0 Å². The summed E-state index contributed by atoms with van der Waals surface area (Å²) in [7, 11) is 0. The summed E-state index contributed by atoms with van der Waals surface area (Å²) in [5.41, 5.74) is 25.2. The molecular weight excluding hydrogens is 556 g/mol. The Morgan fingerprint density at radius 2 is 1.02 bits per heavy atom. The van der Waals surface area contributed by atoms with Crippen LogP contribution in [0.5, 0.6) is 0 Å². The highest BCUT2D eigenvalue weighted by atomic mass is 14.5. The van der Waals surface area contributed by atoms with E-state index in [2.05, 4.69) is 120 Å². The van der Waals surface area contributed by atoms with Gasteiger partial charge in [-0.3, -0.25) is 0 Å². The van der Waals surface area contributed by atoms with Crippen molar-refractivity contribution in [3.8, 4) is 0 Å². The minimum Gasteiger partial charge on any atom is -0.399 e. The fourth-order valence-corrected chi connectivity index (χ4v) is 8.91. The fraction of sp³-hybridized carbons (Fsp3) is 0.455. The van der Waals surface area contributed by atoms with Gasteiger partial charge in [-0.2, -0.15) is 0 Å². The summed E-state index contributed by atoms with van der Waals surface area (Å²) in [5, 5.41) is 0. The summed E-state index contributed by atoms with van der Waals surface area (Å²) in [6.07, 6.45) is 13.6. The first kappa shape index (κ1) is 33.8. The van der Waals surface area contributed by atoms with Crippen LogP contribution >= 0.6 is 0 Å². The zero-order chi connectivity index (χ0) is 32.7. The Bertz CT molecular complexity index is 1440. The third kappa shape index (κ3) is 7.07. The molecule has 4 aromatic rings. The van der Waals surface area contributed by atoms with Crippen LogP contribution in [0.1, 0.15) is 148 Å². The molecule has 1 aliphatic rings. The molecule has 2 atom stereocenters. The maximum absolute atomic E-state index is 6.14. The fourth-order valence-electron chi connectivity index (χ4n) is 8.91. The van der Waals surface area contributed by atoms with Crippen LogP contribution in [-0.2, 0) is 5.41 Å². The van der Waals surface area contributed by atoms with E-state index in [0.717, 1.165) is 37.1 Å². The number of rotatable bonds is 13. The van der Waals surface area contributed by atoms with Gasteiger partial charge in [0.15, 0.2) is 0 Å². The Hall–Kier alpha value is -3.52. The maximum Gasteiger partial charge on any atom is 0.0316 e. The zero-order valence-electron chi connectivity index (χ0n) is 29.2. The molecule has 5 rings (SSSR count). The third-order valence-corrected chi connectivity index (χ3v) is 11.1. The van der Waals surface area contributed by atoms with E-state index in [-0.39, 0.29) is 5.41 Å². The van der Waals surface area contributed by atoms with Crippen LogP contribution in [0.2, 0.25) is 0 Å². The van der Waals surface area contributed by atoms with Crippen molar-refractivity contribution in [1.82, 2.24) is 0 Å². The van der Waals surface area contributed by atoms with Gasteiger partial charge < -0.3 is 11.5 Å². The van der Waals surface area contributed by atoms with E-state index in [4.69, 9.17) is 11.5 Å². The molecule has 0 amide bonds. The Kier molecular flexibility index (Phi) is 11.3. The van der Waals surface area contributed by atoms with Crippen molar-refractivity contribution in [2.75, 3.05) is 11.5 Å². The molecule has 2 nitrogen and oxygen atoms in total. The number of hydrogen-bond donors (Lipinski definition) is 2. The van der Waals surface area contributed by atoms with Crippen molar-refractivity contribution in [2.24, 2.45) is 5.92 Å². The molecular formula is C44H58N2. The van der Waals surface area contributed by atoms with Crippen molar-refractivity contribution >= 4 is 11.4 Å². The Labute approximate surface area is 280 Å². The van der Waals surface area contributed by atoms with Crippen LogP contribution < -0.4 is 11.5 Å². The predicted octanol–water partition coefficient (Wildman–Crippen LogP) is 12.0. The van der Waals surface area contributed by atoms with Gasteiger partial charge in [0.2, 0.25) is 0 Å². The highest BCUT2D eigenvalue weighted by Gasteiger charge is 2.41. The van der Waals surface area contributed by atoms with Gasteiger partial charge in [-0.05, 0) is 121 Å². The van der Waals surface area contributed by atoms with E-state index in [0.29, 0.717) is 17.8 Å². The van der Waals surface area contributed by atoms with Crippen LogP contribution in [0.4, 0.5) is 11.4 Å². The highest BCUT2D eigenvalue weighted by molar-refractivity contribution is 5.51. The quantitative estimate of drug-likeness (QED) is 0.147. The molecule has 1 aliphatic carbocycles. The van der Waals surface area contributed by atoms with E-state index in [1.165, 1.54) is 89.5 Å². The first-order valence-electron chi connectivity index (χ1n) is 18.2. The lowest BCUT2D eigenvalue weighted by Crippen LogP contribution is -2.38. The summed E-state index contributed by atoms with van der Waals surface area (Å²) in [4.78, 5) is 0. The van der Waals surface area contributed by atoms with Crippen molar-refractivity contribution < 1.29 is 0 Å². The van der Waals surface area contributed by atoms with E-state index in [1.807, 2.05) is 0 Å². The Balaban J connectivity index is 1.57. The van der Waals surface area contributed by atoms with Crippen molar-refractivity contribution in [1.29, 1.82) is 0 Å². The van der Waals surface area contributed by atoms with Gasteiger partial charge in [0.25, 0.3) is 0 Å². The molecule has 46 heavy (non-hydrogen) atoms. The monoisotopic (exact) mass is 614 g/mol. The van der Waals surface area contributed by atoms with Gasteiger partial charge in [-0.25, -0.2) is 0 Å². The van der Waals surface area contributed by atoms with Crippen molar-refractivity contribution in [3.63, 3.8) is 0 Å². The molecule has 0 aliphatic heterocycles. The first-order valence-corrected chi connectivity index (χ1v) is 18.2. The van der Waals surface area contributed by atoms with Gasteiger partial charge in [0.05, 0.1) is 0 Å². The molecule has 2 unspecified atom stereocenters. The minimum atomic E-state index is 0.0287. The van der Waals surface area contributed by atoms with Gasteiger partial charge in [0.1, 0.15) is 0 Å². The summed E-state index contributed by atoms with van der Waals surface area (Å²) in [6, 6.07) is 32.7. The van der Waals surface area contributed by atoms with Crippen molar-refractivity contribution in [2.45, 2.75) is 122 Å². The zero-order valence-corrected chi connectivity index (χ0v) is 29.2. The first-order chi connectivity index (χ1) is 22.3. The van der Waals surface area contributed by atoms with Crippen LogP contribution in [0.3, 0.4) is 0 Å². The minimum absolute atomic E-state index is 0.0287. The van der Waals surface area contributed by atoms with Gasteiger partial charge in [-0.1, -0.05) is 120 Å². The SMILES string of the molecule is CCCC(c1ccc(C(CCC)(c2ccc(C(CCC)c3ccc(N)cc3C)cc2)C2CCCCC2)cc1)c1ccc(N)cc1C. The predicted molar refractivity (Wildman–Crippen MR) is 200 cm³/mol. The second-order valence-electron chi connectivity index (χ2n) is 14.2. The second-order valence-corrected chi connectivity index (χ2v) is 14.2. The molecule has 0 spiro atoms. The molecule has 0 saturated heterocycles. The van der Waals surface area contributed by atoms with Gasteiger partial charge >= 0.3 is 0 Å². The number of nitrogens with two attached hydrogens (primary N) is 2. The second kappa shape index (κ2) is 15.4. The standard InChI is InChI=1S/C44H58N2/c1-6-12-42(40-26-24-38(45)29-31(40)4)33-16-20-36(21-17-33)44(28-8-3,35-14-10-9-11-15-35)37-22-18-34(19-23-37)43(13-7-2)41-27-25-39(46)30-32(41)5/h16-27,29-30,35,42-43H,6-15,28,45-46H2,1-5H3. The molecule has 0 aromatic heterocycles. The van der Waals surface area contributed by atoms with Crippen LogP contribution in [0.25, 0.3) is 0 Å². The third-order valence-electron chi connectivity index (χ3n) is 11.1. The molecule has 1 fully saturated rings. The molecule has 0 bridgehead atoms. The lowest BCUT2D eigenvalue weighted by molar-refractivity contribution is 0.224. The molecule has 4 N–H and O–H groups in total. The van der Waals surface area contributed by atoms with Crippen LogP contribution in [0.15, 0.2) is 84.9 Å². The summed E-state index contributed by atoms with van der Waals surface area (Å²) < 4.78 is 0. The summed E-state index contributed by atoms with van der Waals surface area (Å²) in [5.74, 6) is 1.44. The van der Waals surface area contributed by atoms with Gasteiger partial charge in [0, 0.05) is 28.6 Å². The topological polar surface area (TPSA) is 52.0 Å². The molecule has 2 heteroatoms. The van der Waals surface area contributed by atoms with E-state index in [9.17, 15) is 0 Å². The highest BCUT2D eigenvalue weighted by Crippen LogP contribution is 2.50. The van der Waals surface area contributed by atoms with Crippen LogP contribution in [0, 0.1) is 19.8 Å². The number of nitrogen functional groups attached to an aromatic ring is 2. The Morgan fingerprint density at radius 1 is 0.587 bits per heavy atom. The number of anilines is 2. The smallest absolute Gasteiger partial charge is 0.0316 e. The lowest BCUT2D eigenvalue weighted by Gasteiger charge is -2.44. The molecule has 1 saturated carbocycles. The average Bonchev–Trinajstić information content (AvgIpc) is 3.06. The molecule has 4 aromatic carbocycles. The van der Waals surface area contributed by atoms with Crippen LogP contribution in [-0.4, -0.2) is 0 Å². The summed E-state index contributed by atoms with van der Waals surface area (Å²) >= 11 is 0.